The summed E-state index contributed by atoms with van der Waals surface area (Å²) >= 11 is 6.46. The third-order valence-corrected chi connectivity index (χ3v) is 9.93. The lowest BCUT2D eigenvalue weighted by Gasteiger charge is -2.48. The summed E-state index contributed by atoms with van der Waals surface area (Å²) in [5, 5.41) is 74.1. The average Bonchev–Trinajstić information content (AvgIpc) is 3.67. The van der Waals surface area contributed by atoms with Crippen LogP contribution in [-0.4, -0.2) is 172 Å². The molecule has 9 N–H and O–H groups in total. The van der Waals surface area contributed by atoms with Crippen LogP contribution in [0, 0.1) is 0 Å². The van der Waals surface area contributed by atoms with Crippen molar-refractivity contribution >= 4 is 23.2 Å². The standard InChI is InChI=1S/C30H46ClN3O13/c1-43-9-2-6-33-7-3-15(4-8-33)34(28(42)17-11-18(31)21(32)16-5-10-44-25(16)17)30(14-37)27(41)26(20(13-36)47-30)46-29-24(40)23(39)22(38)19(12-35)45-29/h11,15,19-20,22-24,26-27,29,35-41H,2-10,12-14,32H2,1H3/t19-,20-,22+,23+,24-,26-,27+,29+,30?/m0/s1. The Balaban J connectivity index is 1.50. The van der Waals surface area contributed by atoms with Gasteiger partial charge in [0.2, 0.25) is 0 Å². The van der Waals surface area contributed by atoms with E-state index in [9.17, 15) is 40.5 Å². The number of hydrogen-bond donors (Lipinski definition) is 8. The van der Waals surface area contributed by atoms with E-state index >= 15 is 0 Å². The Morgan fingerprint density at radius 3 is 2.45 bits per heavy atom. The number of fused-ring (bicyclic) bond motifs is 1. The van der Waals surface area contributed by atoms with Crippen molar-refractivity contribution in [1.29, 1.82) is 0 Å². The van der Waals surface area contributed by atoms with Gasteiger partial charge in [-0.3, -0.25) is 4.79 Å². The second-order valence-corrected chi connectivity index (χ2v) is 12.8. The molecule has 3 saturated heterocycles. The number of aliphatic hydroxyl groups excluding tert-OH is 7. The zero-order valence-electron chi connectivity index (χ0n) is 26.2. The molecule has 0 spiro atoms. The molecule has 1 unspecified atom stereocenters. The number of halogens is 1. The van der Waals surface area contributed by atoms with Gasteiger partial charge in [-0.15, -0.1) is 0 Å². The van der Waals surface area contributed by atoms with E-state index in [2.05, 4.69) is 4.90 Å². The zero-order valence-corrected chi connectivity index (χ0v) is 26.9. The first kappa shape index (κ1) is 36.4. The minimum atomic E-state index is -2.18. The highest BCUT2D eigenvalue weighted by Gasteiger charge is 2.62. The van der Waals surface area contributed by atoms with Crippen molar-refractivity contribution in [3.8, 4) is 5.75 Å². The maximum Gasteiger partial charge on any atom is 0.260 e. The first-order valence-electron chi connectivity index (χ1n) is 15.8. The van der Waals surface area contributed by atoms with Crippen molar-refractivity contribution in [2.45, 2.75) is 86.5 Å². The smallest absolute Gasteiger partial charge is 0.260 e. The van der Waals surface area contributed by atoms with E-state index in [0.29, 0.717) is 44.5 Å². The molecule has 3 fully saturated rings. The lowest BCUT2D eigenvalue weighted by atomic mass is 9.93. The molecule has 266 valence electrons. The predicted molar refractivity (Wildman–Crippen MR) is 164 cm³/mol. The monoisotopic (exact) mass is 691 g/mol. The number of nitrogens with two attached hydrogens (primary N) is 1. The number of amides is 1. The number of hydrogen-bond acceptors (Lipinski definition) is 15. The molecule has 0 saturated carbocycles. The van der Waals surface area contributed by atoms with Gasteiger partial charge < -0.3 is 75.0 Å². The summed E-state index contributed by atoms with van der Waals surface area (Å²) in [4.78, 5) is 18.2. The molecule has 16 nitrogen and oxygen atoms in total. The molecule has 1 amide bonds. The summed E-state index contributed by atoms with van der Waals surface area (Å²) < 4.78 is 28.5. The van der Waals surface area contributed by atoms with Crippen molar-refractivity contribution in [3.05, 3.63) is 22.2 Å². The van der Waals surface area contributed by atoms with Gasteiger partial charge in [0.15, 0.2) is 12.0 Å². The molecule has 1 aromatic rings. The van der Waals surface area contributed by atoms with Crippen molar-refractivity contribution < 1.29 is 64.2 Å². The van der Waals surface area contributed by atoms with Gasteiger partial charge in [0.25, 0.3) is 5.91 Å². The summed E-state index contributed by atoms with van der Waals surface area (Å²) in [6, 6.07) is 0.801. The SMILES string of the molecule is COCCCN1CCC(N(C(=O)c2cc(Cl)c(N)c3c2OCC3)C2(CO)O[C@@H](CO)[C@H](O[C@H]3O[C@@H](CO)[C@@H](O)[C@@H](O)[C@@H]3O)[C@H]2O)CC1. The van der Waals surface area contributed by atoms with Crippen LogP contribution in [0.25, 0.3) is 0 Å². The van der Waals surface area contributed by atoms with Crippen LogP contribution in [0.4, 0.5) is 5.69 Å². The Labute approximate surface area is 277 Å². The van der Waals surface area contributed by atoms with Gasteiger partial charge in [0.05, 0.1) is 42.7 Å². The number of nitrogens with zero attached hydrogens (tertiary/aromatic N) is 2. The second kappa shape index (κ2) is 15.3. The lowest BCUT2D eigenvalue weighted by Crippen LogP contribution is -2.66. The number of rotatable bonds is 12. The van der Waals surface area contributed by atoms with Crippen LogP contribution in [0.2, 0.25) is 5.02 Å². The fraction of sp³-hybridized carbons (Fsp3) is 0.767. The summed E-state index contributed by atoms with van der Waals surface area (Å²) in [7, 11) is 1.63. The molecule has 47 heavy (non-hydrogen) atoms. The summed E-state index contributed by atoms with van der Waals surface area (Å²) in [6.07, 6.45) is -10.8. The highest BCUT2D eigenvalue weighted by atomic mass is 35.5. The Morgan fingerprint density at radius 2 is 1.81 bits per heavy atom. The van der Waals surface area contributed by atoms with Crippen molar-refractivity contribution in [2.24, 2.45) is 0 Å². The third-order valence-electron chi connectivity index (χ3n) is 9.61. The lowest BCUT2D eigenvalue weighted by molar-refractivity contribution is -0.318. The number of benzene rings is 1. The fourth-order valence-corrected chi connectivity index (χ4v) is 7.26. The summed E-state index contributed by atoms with van der Waals surface area (Å²) in [5.74, 6) is -0.423. The van der Waals surface area contributed by atoms with Gasteiger partial charge in [-0.2, -0.15) is 0 Å². The number of likely N-dealkylation sites (tertiary alicyclic amines) is 1. The van der Waals surface area contributed by atoms with Crippen molar-refractivity contribution in [3.63, 3.8) is 0 Å². The molecule has 4 heterocycles. The molecule has 0 bridgehead atoms. The quantitative estimate of drug-likeness (QED) is 0.0830. The minimum absolute atomic E-state index is 0.0571. The molecule has 0 aromatic heterocycles. The van der Waals surface area contributed by atoms with Crippen LogP contribution >= 0.6 is 11.6 Å². The maximum atomic E-state index is 14.7. The highest BCUT2D eigenvalue weighted by molar-refractivity contribution is 6.33. The molecular weight excluding hydrogens is 646 g/mol. The first-order valence-corrected chi connectivity index (χ1v) is 16.2. The normalized spacial score (nSPS) is 34.7. The Morgan fingerprint density at radius 1 is 1.11 bits per heavy atom. The average molecular weight is 692 g/mol. The molecule has 0 aliphatic carbocycles. The van der Waals surface area contributed by atoms with E-state index in [-0.39, 0.29) is 28.6 Å². The van der Waals surface area contributed by atoms with E-state index in [1.165, 1.54) is 11.0 Å². The van der Waals surface area contributed by atoms with E-state index in [1.807, 2.05) is 0 Å². The summed E-state index contributed by atoms with van der Waals surface area (Å²) in [5.41, 5.74) is 4.93. The van der Waals surface area contributed by atoms with E-state index in [4.69, 9.17) is 41.0 Å². The Hall–Kier alpha value is -1.90. The second-order valence-electron chi connectivity index (χ2n) is 12.4. The Kier molecular flexibility index (Phi) is 11.9. The molecule has 9 atom stereocenters. The van der Waals surface area contributed by atoms with Gasteiger partial charge in [0.1, 0.15) is 48.5 Å². The molecule has 4 aliphatic heterocycles. The van der Waals surface area contributed by atoms with Gasteiger partial charge in [-0.1, -0.05) is 11.6 Å². The van der Waals surface area contributed by atoms with Gasteiger partial charge in [-0.25, -0.2) is 0 Å². The number of ether oxygens (including phenoxy) is 5. The number of nitrogen functional groups attached to an aromatic ring is 1. The van der Waals surface area contributed by atoms with Crippen LogP contribution in [0.15, 0.2) is 6.07 Å². The van der Waals surface area contributed by atoms with Gasteiger partial charge >= 0.3 is 0 Å². The maximum absolute atomic E-state index is 14.7. The van der Waals surface area contributed by atoms with E-state index in [1.54, 1.807) is 7.11 Å². The molecule has 5 rings (SSSR count). The number of methoxy groups -OCH3 is 1. The predicted octanol–water partition coefficient (Wildman–Crippen LogP) is -2.57. The van der Waals surface area contributed by atoms with Crippen LogP contribution < -0.4 is 10.5 Å². The van der Waals surface area contributed by atoms with Crippen LogP contribution in [0.1, 0.15) is 35.2 Å². The topological polar surface area (TPSA) is 237 Å². The molecule has 17 heteroatoms. The first-order chi connectivity index (χ1) is 22.5. The zero-order chi connectivity index (χ0) is 34.0. The number of carbonyl (C=O) groups is 1. The largest absolute Gasteiger partial charge is 0.492 e. The minimum Gasteiger partial charge on any atom is -0.492 e. The highest BCUT2D eigenvalue weighted by Crippen LogP contribution is 2.44. The molecular formula is C30H46ClN3O13. The molecule has 0 radical (unpaired) electrons. The number of carbonyl (C=O) groups excluding carboxylic acids is 1. The van der Waals surface area contributed by atoms with Crippen LogP contribution in [-0.2, 0) is 25.4 Å². The Bertz CT molecular complexity index is 1240. The van der Waals surface area contributed by atoms with E-state index in [0.717, 1.165) is 13.0 Å². The fourth-order valence-electron chi connectivity index (χ4n) is 7.04. The van der Waals surface area contributed by atoms with Crippen molar-refractivity contribution in [2.75, 3.05) is 65.5 Å². The summed E-state index contributed by atoms with van der Waals surface area (Å²) in [6.45, 7) is 0.419. The van der Waals surface area contributed by atoms with Crippen LogP contribution in [0.3, 0.4) is 0 Å². The van der Waals surface area contributed by atoms with Gasteiger partial charge in [0, 0.05) is 51.4 Å². The third kappa shape index (κ3) is 6.81. The van der Waals surface area contributed by atoms with Crippen molar-refractivity contribution in [1.82, 2.24) is 9.80 Å². The molecule has 4 aliphatic rings. The number of anilines is 1. The number of aliphatic hydroxyl groups is 7. The molecule has 1 aromatic carbocycles. The van der Waals surface area contributed by atoms with E-state index < -0.39 is 86.5 Å². The van der Waals surface area contributed by atoms with Crippen LogP contribution in [0.5, 0.6) is 5.75 Å². The number of piperidine rings is 1. The van der Waals surface area contributed by atoms with Gasteiger partial charge in [-0.05, 0) is 25.3 Å².